The van der Waals surface area contributed by atoms with Gasteiger partial charge >= 0.3 is 5.97 Å². The number of halogens is 2. The van der Waals surface area contributed by atoms with Gasteiger partial charge in [0.25, 0.3) is 0 Å². The van der Waals surface area contributed by atoms with E-state index in [0.717, 1.165) is 0 Å². The van der Waals surface area contributed by atoms with Gasteiger partial charge in [-0.25, -0.2) is 4.79 Å². The molecule has 0 saturated carbocycles. The van der Waals surface area contributed by atoms with E-state index in [0.29, 0.717) is 35.2 Å². The molecule has 0 aromatic heterocycles. The number of hydrogen-bond donors (Lipinski definition) is 1. The van der Waals surface area contributed by atoms with Gasteiger partial charge in [-0.2, -0.15) is 0 Å². The molecule has 1 amide bonds. The number of amides is 1. The minimum Gasteiger partial charge on any atom is -0.491 e. The van der Waals surface area contributed by atoms with Crippen LogP contribution in [0.3, 0.4) is 0 Å². The third-order valence-electron chi connectivity index (χ3n) is 3.33. The van der Waals surface area contributed by atoms with Crippen molar-refractivity contribution in [1.29, 1.82) is 0 Å². The van der Waals surface area contributed by atoms with Gasteiger partial charge in [-0.05, 0) is 31.0 Å². The second-order valence-corrected chi connectivity index (χ2v) is 5.60. The molecule has 1 atom stereocenters. The first-order valence-corrected chi connectivity index (χ1v) is 7.35. The normalized spacial score (nSPS) is 17.8. The molecule has 1 aliphatic rings. The lowest BCUT2D eigenvalue weighted by atomic mass is 10.2. The van der Waals surface area contributed by atoms with Crippen molar-refractivity contribution in [3.05, 3.63) is 28.2 Å². The van der Waals surface area contributed by atoms with Crippen molar-refractivity contribution in [3.63, 3.8) is 0 Å². The first-order valence-electron chi connectivity index (χ1n) is 6.59. The fourth-order valence-corrected chi connectivity index (χ4v) is 2.77. The molecule has 1 fully saturated rings. The van der Waals surface area contributed by atoms with Gasteiger partial charge in [-0.3, -0.25) is 4.79 Å². The summed E-state index contributed by atoms with van der Waals surface area (Å²) in [5.74, 6) is -0.724. The van der Waals surface area contributed by atoms with Crippen molar-refractivity contribution in [3.8, 4) is 5.75 Å². The van der Waals surface area contributed by atoms with Crippen LogP contribution in [0.4, 0.5) is 0 Å². The molecule has 1 N–H and O–H groups in total. The third kappa shape index (κ3) is 4.02. The standard InChI is InChI=1S/C14H15Cl2NO4/c15-9-3-4-12(10(16)8-9)21-7-5-13(18)17-6-1-2-11(17)14(19)20/h3-4,8,11H,1-2,5-7H2,(H,19,20). The van der Waals surface area contributed by atoms with Crippen molar-refractivity contribution in [1.82, 2.24) is 4.90 Å². The number of carboxylic acid groups (broad SMARTS) is 1. The van der Waals surface area contributed by atoms with E-state index in [1.807, 2.05) is 0 Å². The van der Waals surface area contributed by atoms with E-state index in [1.165, 1.54) is 4.90 Å². The Morgan fingerprint density at radius 3 is 2.81 bits per heavy atom. The Bertz CT molecular complexity index is 550. The summed E-state index contributed by atoms with van der Waals surface area (Å²) in [5.41, 5.74) is 0. The van der Waals surface area contributed by atoms with E-state index < -0.39 is 12.0 Å². The van der Waals surface area contributed by atoms with Gasteiger partial charge in [0, 0.05) is 11.6 Å². The van der Waals surface area contributed by atoms with Crippen LogP contribution in [0.2, 0.25) is 10.0 Å². The van der Waals surface area contributed by atoms with Gasteiger partial charge in [-0.1, -0.05) is 23.2 Å². The lowest BCUT2D eigenvalue weighted by Gasteiger charge is -2.21. The Morgan fingerprint density at radius 1 is 1.38 bits per heavy atom. The Kier molecular flexibility index (Phi) is 5.31. The number of carbonyl (C=O) groups is 2. The Labute approximate surface area is 132 Å². The average Bonchev–Trinajstić information content (AvgIpc) is 2.90. The molecule has 1 aromatic rings. The molecule has 0 radical (unpaired) electrons. The van der Waals surface area contributed by atoms with Gasteiger partial charge in [0.1, 0.15) is 11.8 Å². The summed E-state index contributed by atoms with van der Waals surface area (Å²) in [7, 11) is 0. The molecule has 1 aliphatic heterocycles. The summed E-state index contributed by atoms with van der Waals surface area (Å²) in [6.07, 6.45) is 1.33. The molecule has 0 aliphatic carbocycles. The van der Waals surface area contributed by atoms with Crippen LogP contribution < -0.4 is 4.74 Å². The van der Waals surface area contributed by atoms with Crippen molar-refractivity contribution in [2.75, 3.05) is 13.2 Å². The Balaban J connectivity index is 1.85. The van der Waals surface area contributed by atoms with Gasteiger partial charge in [0.2, 0.25) is 5.91 Å². The molecular weight excluding hydrogens is 317 g/mol. The van der Waals surface area contributed by atoms with E-state index in [-0.39, 0.29) is 18.9 Å². The van der Waals surface area contributed by atoms with Crippen molar-refractivity contribution >= 4 is 35.1 Å². The Hall–Kier alpha value is -1.46. The highest BCUT2D eigenvalue weighted by Crippen LogP contribution is 2.27. The maximum Gasteiger partial charge on any atom is 0.326 e. The summed E-state index contributed by atoms with van der Waals surface area (Å²) in [5, 5.41) is 9.92. The van der Waals surface area contributed by atoms with Crippen LogP contribution >= 0.6 is 23.2 Å². The molecule has 1 unspecified atom stereocenters. The molecule has 2 rings (SSSR count). The number of aliphatic carboxylic acids is 1. The number of likely N-dealkylation sites (tertiary alicyclic amines) is 1. The second kappa shape index (κ2) is 7.00. The fraction of sp³-hybridized carbons (Fsp3) is 0.429. The van der Waals surface area contributed by atoms with Crippen LogP contribution in [-0.2, 0) is 9.59 Å². The van der Waals surface area contributed by atoms with Crippen LogP contribution in [0.25, 0.3) is 0 Å². The number of nitrogens with zero attached hydrogens (tertiary/aromatic N) is 1. The molecule has 1 aromatic carbocycles. The van der Waals surface area contributed by atoms with Gasteiger partial charge < -0.3 is 14.7 Å². The number of ether oxygens (including phenoxy) is 1. The van der Waals surface area contributed by atoms with Crippen LogP contribution in [0, 0.1) is 0 Å². The van der Waals surface area contributed by atoms with Crippen molar-refractivity contribution in [2.24, 2.45) is 0 Å². The maximum atomic E-state index is 12.0. The number of rotatable bonds is 5. The van der Waals surface area contributed by atoms with Crippen molar-refractivity contribution < 1.29 is 19.4 Å². The average molecular weight is 332 g/mol. The van der Waals surface area contributed by atoms with E-state index in [4.69, 9.17) is 33.0 Å². The molecule has 21 heavy (non-hydrogen) atoms. The summed E-state index contributed by atoms with van der Waals surface area (Å²) >= 11 is 11.7. The highest BCUT2D eigenvalue weighted by atomic mass is 35.5. The number of carbonyl (C=O) groups excluding carboxylic acids is 1. The number of hydrogen-bond acceptors (Lipinski definition) is 3. The summed E-state index contributed by atoms with van der Waals surface area (Å²) < 4.78 is 5.43. The highest BCUT2D eigenvalue weighted by Gasteiger charge is 2.33. The third-order valence-corrected chi connectivity index (χ3v) is 3.86. The monoisotopic (exact) mass is 331 g/mol. The van der Waals surface area contributed by atoms with Crippen molar-refractivity contribution in [2.45, 2.75) is 25.3 Å². The van der Waals surface area contributed by atoms with E-state index >= 15 is 0 Å². The molecule has 0 bridgehead atoms. The van der Waals surface area contributed by atoms with Gasteiger partial charge in [0.15, 0.2) is 0 Å². The van der Waals surface area contributed by atoms with E-state index in [2.05, 4.69) is 0 Å². The molecule has 0 spiro atoms. The molecule has 7 heteroatoms. The Morgan fingerprint density at radius 2 is 2.14 bits per heavy atom. The zero-order valence-electron chi connectivity index (χ0n) is 11.2. The smallest absolute Gasteiger partial charge is 0.326 e. The SMILES string of the molecule is O=C(O)C1CCCN1C(=O)CCOc1ccc(Cl)cc1Cl. The quantitative estimate of drug-likeness (QED) is 0.900. The predicted molar refractivity (Wildman–Crippen MR) is 78.9 cm³/mol. The lowest BCUT2D eigenvalue weighted by molar-refractivity contribution is -0.148. The molecule has 1 heterocycles. The fourth-order valence-electron chi connectivity index (χ4n) is 2.31. The maximum absolute atomic E-state index is 12.0. The minimum absolute atomic E-state index is 0.114. The van der Waals surface area contributed by atoms with Crippen LogP contribution in [0.5, 0.6) is 5.75 Å². The number of carboxylic acids is 1. The van der Waals surface area contributed by atoms with Crippen LogP contribution in [0.1, 0.15) is 19.3 Å². The first kappa shape index (κ1) is 15.9. The van der Waals surface area contributed by atoms with Crippen LogP contribution in [-0.4, -0.2) is 41.1 Å². The zero-order valence-corrected chi connectivity index (χ0v) is 12.7. The summed E-state index contributed by atoms with van der Waals surface area (Å²) in [6.45, 7) is 0.626. The molecule has 114 valence electrons. The highest BCUT2D eigenvalue weighted by molar-refractivity contribution is 6.35. The lowest BCUT2D eigenvalue weighted by Crippen LogP contribution is -2.40. The van der Waals surface area contributed by atoms with E-state index in [9.17, 15) is 9.59 Å². The molecular formula is C14H15Cl2NO4. The summed E-state index contributed by atoms with van der Waals surface area (Å²) in [6, 6.07) is 4.12. The largest absolute Gasteiger partial charge is 0.491 e. The summed E-state index contributed by atoms with van der Waals surface area (Å²) in [4.78, 5) is 24.4. The molecule has 1 saturated heterocycles. The number of benzene rings is 1. The zero-order chi connectivity index (χ0) is 15.4. The van der Waals surface area contributed by atoms with E-state index in [1.54, 1.807) is 18.2 Å². The second-order valence-electron chi connectivity index (χ2n) is 4.76. The van der Waals surface area contributed by atoms with Crippen LogP contribution in [0.15, 0.2) is 18.2 Å². The van der Waals surface area contributed by atoms with Gasteiger partial charge in [-0.15, -0.1) is 0 Å². The first-order chi connectivity index (χ1) is 9.99. The molecule has 5 nitrogen and oxygen atoms in total. The minimum atomic E-state index is -0.956. The van der Waals surface area contributed by atoms with Gasteiger partial charge in [0.05, 0.1) is 18.1 Å². The predicted octanol–water partition coefficient (Wildman–Crippen LogP) is 2.84. The topological polar surface area (TPSA) is 66.8 Å².